The zero-order chi connectivity index (χ0) is 24.7. The average molecular weight is 507 g/mol. The van der Waals surface area contributed by atoms with E-state index in [9.17, 15) is 13.2 Å². The number of ether oxygens (including phenoxy) is 1. The second-order valence-corrected chi connectivity index (χ2v) is 9.52. The molecular weight excluding hydrogens is 481 g/mol. The minimum atomic E-state index is -4.31. The van der Waals surface area contributed by atoms with Crippen molar-refractivity contribution < 1.29 is 17.9 Å². The van der Waals surface area contributed by atoms with Gasteiger partial charge in [0.05, 0.1) is 25.9 Å². The molecule has 0 atom stereocenters. The molecule has 2 aromatic heterocycles. The first-order chi connectivity index (χ1) is 16.7. The molecule has 0 amide bonds. The van der Waals surface area contributed by atoms with Gasteiger partial charge in [-0.2, -0.15) is 13.2 Å². The molecule has 186 valence electrons. The highest BCUT2D eigenvalue weighted by atomic mass is 35.5. The number of pyridine rings is 1. The molecule has 0 spiro atoms. The fourth-order valence-corrected chi connectivity index (χ4v) is 5.18. The number of anilines is 1. The Morgan fingerprint density at radius 3 is 2.57 bits per heavy atom. The summed E-state index contributed by atoms with van der Waals surface area (Å²) in [7, 11) is 1.64. The Balaban J connectivity index is 1.43. The van der Waals surface area contributed by atoms with Crippen LogP contribution in [0.4, 0.5) is 19.0 Å². The Hall–Kier alpha value is -2.85. The van der Waals surface area contributed by atoms with E-state index in [0.717, 1.165) is 60.3 Å². The molecule has 1 aromatic carbocycles. The van der Waals surface area contributed by atoms with Crippen molar-refractivity contribution in [3.8, 4) is 11.4 Å². The van der Waals surface area contributed by atoms with Crippen LogP contribution in [0.15, 0.2) is 30.3 Å². The lowest BCUT2D eigenvalue weighted by Gasteiger charge is -2.33. The fourth-order valence-electron chi connectivity index (χ4n) is 4.99. The van der Waals surface area contributed by atoms with Gasteiger partial charge >= 0.3 is 6.18 Å². The SMILES string of the molecule is COc1ccc(C)nc1N1CCC(c2nnc3n2-c2ccc(Cl)cc2CN(CC(F)(F)F)C3)CC1. The third kappa shape index (κ3) is 4.95. The van der Waals surface area contributed by atoms with Crippen molar-refractivity contribution in [2.24, 2.45) is 0 Å². The molecule has 0 aliphatic carbocycles. The topological polar surface area (TPSA) is 59.3 Å². The monoisotopic (exact) mass is 506 g/mol. The minimum Gasteiger partial charge on any atom is -0.493 e. The third-order valence-corrected chi connectivity index (χ3v) is 6.79. The summed E-state index contributed by atoms with van der Waals surface area (Å²) in [5.41, 5.74) is 2.44. The first-order valence-corrected chi connectivity index (χ1v) is 11.9. The van der Waals surface area contributed by atoms with Gasteiger partial charge in [0.1, 0.15) is 5.82 Å². The van der Waals surface area contributed by atoms with Crippen molar-refractivity contribution in [1.29, 1.82) is 0 Å². The van der Waals surface area contributed by atoms with E-state index in [1.54, 1.807) is 19.2 Å². The van der Waals surface area contributed by atoms with Crippen LogP contribution in [0.2, 0.25) is 5.02 Å². The average Bonchev–Trinajstić information content (AvgIpc) is 3.15. The Morgan fingerprint density at radius 2 is 1.86 bits per heavy atom. The van der Waals surface area contributed by atoms with Crippen LogP contribution in [0.3, 0.4) is 0 Å². The molecule has 0 saturated carbocycles. The number of methoxy groups -OCH3 is 1. The maximum absolute atomic E-state index is 13.2. The zero-order valence-corrected chi connectivity index (χ0v) is 20.3. The third-order valence-electron chi connectivity index (χ3n) is 6.56. The van der Waals surface area contributed by atoms with Crippen molar-refractivity contribution >= 4 is 17.4 Å². The van der Waals surface area contributed by atoms with E-state index in [4.69, 9.17) is 16.3 Å². The van der Waals surface area contributed by atoms with Gasteiger partial charge in [0.15, 0.2) is 17.4 Å². The summed E-state index contributed by atoms with van der Waals surface area (Å²) in [6.45, 7) is 2.63. The number of hydrogen-bond acceptors (Lipinski definition) is 6. The van der Waals surface area contributed by atoms with E-state index in [2.05, 4.69) is 20.1 Å². The van der Waals surface area contributed by atoms with Crippen LogP contribution in [0, 0.1) is 6.92 Å². The molecular formula is C24H26ClF3N6O. The summed E-state index contributed by atoms with van der Waals surface area (Å²) in [6, 6.07) is 9.19. The van der Waals surface area contributed by atoms with Gasteiger partial charge in [-0.05, 0) is 55.7 Å². The number of hydrogen-bond donors (Lipinski definition) is 0. The molecule has 0 radical (unpaired) electrons. The predicted molar refractivity (Wildman–Crippen MR) is 126 cm³/mol. The molecule has 11 heteroatoms. The molecule has 2 aliphatic heterocycles. The Labute approximate surface area is 206 Å². The van der Waals surface area contributed by atoms with Crippen LogP contribution in [-0.4, -0.2) is 57.6 Å². The summed E-state index contributed by atoms with van der Waals surface area (Å²) in [6.07, 6.45) is -2.69. The van der Waals surface area contributed by atoms with Crippen molar-refractivity contribution in [3.05, 3.63) is 58.3 Å². The predicted octanol–water partition coefficient (Wildman–Crippen LogP) is 4.89. The van der Waals surface area contributed by atoms with Gasteiger partial charge in [0, 0.05) is 36.3 Å². The second-order valence-electron chi connectivity index (χ2n) is 9.08. The molecule has 0 N–H and O–H groups in total. The van der Waals surface area contributed by atoms with Crippen molar-refractivity contribution in [3.63, 3.8) is 0 Å². The summed E-state index contributed by atoms with van der Waals surface area (Å²) >= 11 is 6.21. The van der Waals surface area contributed by atoms with Gasteiger partial charge in [-0.1, -0.05) is 11.6 Å². The van der Waals surface area contributed by atoms with Gasteiger partial charge in [0.25, 0.3) is 0 Å². The van der Waals surface area contributed by atoms with E-state index in [1.807, 2.05) is 29.7 Å². The smallest absolute Gasteiger partial charge is 0.401 e. The number of benzene rings is 1. The molecule has 35 heavy (non-hydrogen) atoms. The fraction of sp³-hybridized carbons (Fsp3) is 0.458. The maximum Gasteiger partial charge on any atom is 0.401 e. The molecule has 1 fully saturated rings. The summed E-state index contributed by atoms with van der Waals surface area (Å²) in [5.74, 6) is 2.96. The quantitative estimate of drug-likeness (QED) is 0.502. The summed E-state index contributed by atoms with van der Waals surface area (Å²) < 4.78 is 47.1. The Morgan fingerprint density at radius 1 is 1.09 bits per heavy atom. The number of piperidine rings is 1. The van der Waals surface area contributed by atoms with E-state index < -0.39 is 12.7 Å². The number of rotatable bonds is 4. The number of aryl methyl sites for hydroxylation is 1. The van der Waals surface area contributed by atoms with Gasteiger partial charge in [-0.3, -0.25) is 9.47 Å². The van der Waals surface area contributed by atoms with Crippen molar-refractivity contribution in [2.45, 2.75) is 44.9 Å². The molecule has 2 aliphatic rings. The molecule has 3 aromatic rings. The summed E-state index contributed by atoms with van der Waals surface area (Å²) in [4.78, 5) is 8.22. The van der Waals surface area contributed by atoms with Crippen LogP contribution < -0.4 is 9.64 Å². The lowest BCUT2D eigenvalue weighted by molar-refractivity contribution is -0.148. The van der Waals surface area contributed by atoms with Crippen LogP contribution in [0.5, 0.6) is 5.75 Å². The largest absolute Gasteiger partial charge is 0.493 e. The molecule has 7 nitrogen and oxygen atoms in total. The van der Waals surface area contributed by atoms with Crippen molar-refractivity contribution in [2.75, 3.05) is 31.6 Å². The highest BCUT2D eigenvalue weighted by Crippen LogP contribution is 2.36. The minimum absolute atomic E-state index is 0.0576. The van der Waals surface area contributed by atoms with Crippen LogP contribution in [0.25, 0.3) is 5.69 Å². The molecule has 0 unspecified atom stereocenters. The first-order valence-electron chi connectivity index (χ1n) is 11.5. The van der Waals surface area contributed by atoms with E-state index in [0.29, 0.717) is 10.8 Å². The Kier molecular flexibility index (Phi) is 6.35. The first kappa shape index (κ1) is 23.9. The lowest BCUT2D eigenvalue weighted by atomic mass is 9.95. The van der Waals surface area contributed by atoms with E-state index in [1.165, 1.54) is 4.90 Å². The van der Waals surface area contributed by atoms with Crippen LogP contribution in [0.1, 0.15) is 41.7 Å². The molecule has 4 heterocycles. The van der Waals surface area contributed by atoms with Gasteiger partial charge in [0.2, 0.25) is 0 Å². The summed E-state index contributed by atoms with van der Waals surface area (Å²) in [5, 5.41) is 9.30. The number of halogens is 4. The highest BCUT2D eigenvalue weighted by molar-refractivity contribution is 6.30. The zero-order valence-electron chi connectivity index (χ0n) is 19.5. The van der Waals surface area contributed by atoms with Crippen LogP contribution in [-0.2, 0) is 13.1 Å². The highest BCUT2D eigenvalue weighted by Gasteiger charge is 2.35. The number of alkyl halides is 3. The Bertz CT molecular complexity index is 1220. The molecule has 0 bridgehead atoms. The number of nitrogens with zero attached hydrogens (tertiary/aromatic N) is 6. The van der Waals surface area contributed by atoms with Gasteiger partial charge < -0.3 is 9.64 Å². The van der Waals surface area contributed by atoms with Gasteiger partial charge in [-0.15, -0.1) is 10.2 Å². The molecule has 5 rings (SSSR count). The number of aromatic nitrogens is 4. The second kappa shape index (κ2) is 9.31. The van der Waals surface area contributed by atoms with E-state index in [-0.39, 0.29) is 19.0 Å². The normalized spacial score (nSPS) is 17.1. The molecule has 1 saturated heterocycles. The maximum atomic E-state index is 13.2. The lowest BCUT2D eigenvalue weighted by Crippen LogP contribution is -2.34. The van der Waals surface area contributed by atoms with Crippen LogP contribution >= 0.6 is 11.6 Å². The standard InChI is InChI=1S/C24H26ClF3N6O/c1-15-3-6-20(35-2)23(29-15)33-9-7-16(8-10-33)22-31-30-21-13-32(14-24(26,27)28)12-17-11-18(25)4-5-19(17)34(21)22/h3-6,11,16H,7-10,12-14H2,1-2H3. The van der Waals surface area contributed by atoms with Gasteiger partial charge in [-0.25, -0.2) is 4.98 Å². The number of fused-ring (bicyclic) bond motifs is 3. The van der Waals surface area contributed by atoms with E-state index >= 15 is 0 Å². The van der Waals surface area contributed by atoms with Crippen molar-refractivity contribution in [1.82, 2.24) is 24.6 Å².